The van der Waals surface area contributed by atoms with Crippen LogP contribution in [0.4, 0.5) is 5.82 Å². The van der Waals surface area contributed by atoms with Gasteiger partial charge in [-0.2, -0.15) is 0 Å². The summed E-state index contributed by atoms with van der Waals surface area (Å²) in [6.45, 7) is 3.07. The molecule has 0 spiro atoms. The molecule has 1 heterocycles. The van der Waals surface area contributed by atoms with E-state index in [2.05, 4.69) is 25.9 Å². The number of anilines is 1. The summed E-state index contributed by atoms with van der Waals surface area (Å²) in [6.07, 6.45) is 3.27. The van der Waals surface area contributed by atoms with Crippen LogP contribution in [-0.4, -0.2) is 57.5 Å². The second-order valence-corrected chi connectivity index (χ2v) is 8.48. The van der Waals surface area contributed by atoms with E-state index in [1.165, 1.54) is 12.5 Å². The SMILES string of the molecule is CN=C(NCCNc1ncc(Cl)cc1Cl)NC(C)CCS(C)(=O)=O. The molecule has 3 N–H and O–H groups in total. The van der Waals surface area contributed by atoms with Gasteiger partial charge in [-0.1, -0.05) is 23.2 Å². The molecule has 1 rings (SSSR count). The first kappa shape index (κ1) is 20.8. The van der Waals surface area contributed by atoms with Gasteiger partial charge in [-0.15, -0.1) is 0 Å². The fourth-order valence-corrected chi connectivity index (χ4v) is 3.03. The van der Waals surface area contributed by atoms with Crippen LogP contribution in [0.2, 0.25) is 10.0 Å². The summed E-state index contributed by atoms with van der Waals surface area (Å²) in [5, 5.41) is 10.3. The van der Waals surface area contributed by atoms with Crippen molar-refractivity contribution in [3.63, 3.8) is 0 Å². The number of hydrogen-bond donors (Lipinski definition) is 3. The normalized spacial score (nSPS) is 13.5. The number of sulfone groups is 1. The Hall–Kier alpha value is -1.25. The van der Waals surface area contributed by atoms with E-state index >= 15 is 0 Å². The molecule has 1 aromatic rings. The molecule has 7 nitrogen and oxygen atoms in total. The second-order valence-electron chi connectivity index (χ2n) is 5.37. The Balaban J connectivity index is 2.34. The number of pyridine rings is 1. The summed E-state index contributed by atoms with van der Waals surface area (Å²) in [6, 6.07) is 1.61. The van der Waals surface area contributed by atoms with E-state index in [1.807, 2.05) is 6.92 Å². The molecule has 0 saturated carbocycles. The summed E-state index contributed by atoms with van der Waals surface area (Å²) in [5.41, 5.74) is 0. The van der Waals surface area contributed by atoms with Crippen LogP contribution in [-0.2, 0) is 9.84 Å². The average Bonchev–Trinajstić information content (AvgIpc) is 2.49. The molecule has 0 aliphatic carbocycles. The standard InChI is InChI=1S/C14H23Cl2N5O2S/c1-10(4-7-24(3,22)23)21-14(17-2)19-6-5-18-13-12(16)8-11(15)9-20-13/h8-10H,4-7H2,1-3H3,(H,18,20)(H2,17,19,21). The van der Waals surface area contributed by atoms with Crippen molar-refractivity contribution < 1.29 is 8.42 Å². The van der Waals surface area contributed by atoms with E-state index in [0.29, 0.717) is 41.3 Å². The van der Waals surface area contributed by atoms with Crippen LogP contribution >= 0.6 is 23.2 Å². The molecule has 136 valence electrons. The molecule has 0 saturated heterocycles. The number of aliphatic imine (C=N–C) groups is 1. The highest BCUT2D eigenvalue weighted by Crippen LogP contribution is 2.21. The maximum Gasteiger partial charge on any atom is 0.191 e. The van der Waals surface area contributed by atoms with E-state index < -0.39 is 9.84 Å². The van der Waals surface area contributed by atoms with Crippen molar-refractivity contribution in [2.24, 2.45) is 4.99 Å². The predicted molar refractivity (Wildman–Crippen MR) is 101 cm³/mol. The van der Waals surface area contributed by atoms with Crippen LogP contribution in [0.5, 0.6) is 0 Å². The van der Waals surface area contributed by atoms with Crippen molar-refractivity contribution in [1.29, 1.82) is 0 Å². The number of halogens is 2. The van der Waals surface area contributed by atoms with Crippen LogP contribution in [0.25, 0.3) is 0 Å². The molecule has 0 amide bonds. The van der Waals surface area contributed by atoms with Gasteiger partial charge in [-0.3, -0.25) is 4.99 Å². The van der Waals surface area contributed by atoms with Gasteiger partial charge in [-0.05, 0) is 19.4 Å². The molecule has 24 heavy (non-hydrogen) atoms. The second kappa shape index (κ2) is 9.90. The molecule has 0 radical (unpaired) electrons. The van der Waals surface area contributed by atoms with Crippen LogP contribution in [0.3, 0.4) is 0 Å². The van der Waals surface area contributed by atoms with Gasteiger partial charge in [0.15, 0.2) is 5.96 Å². The minimum atomic E-state index is -2.96. The van der Waals surface area contributed by atoms with Crippen molar-refractivity contribution in [1.82, 2.24) is 15.6 Å². The fraction of sp³-hybridized carbons (Fsp3) is 0.571. The maximum absolute atomic E-state index is 11.2. The van der Waals surface area contributed by atoms with Gasteiger partial charge in [0.25, 0.3) is 0 Å². The van der Waals surface area contributed by atoms with Crippen molar-refractivity contribution in [3.05, 3.63) is 22.3 Å². The lowest BCUT2D eigenvalue weighted by Crippen LogP contribution is -2.44. The number of nitrogens with one attached hydrogen (secondary N) is 3. The first-order valence-electron chi connectivity index (χ1n) is 7.41. The Kier molecular flexibility index (Phi) is 8.58. The Bertz CT molecular complexity index is 667. The number of hydrogen-bond acceptors (Lipinski definition) is 5. The van der Waals surface area contributed by atoms with Crippen molar-refractivity contribution >= 4 is 44.8 Å². The number of guanidine groups is 1. The first-order chi connectivity index (χ1) is 11.2. The monoisotopic (exact) mass is 395 g/mol. The van der Waals surface area contributed by atoms with E-state index in [1.54, 1.807) is 13.1 Å². The smallest absolute Gasteiger partial charge is 0.191 e. The number of rotatable bonds is 8. The molecule has 1 atom stereocenters. The highest BCUT2D eigenvalue weighted by Gasteiger charge is 2.09. The van der Waals surface area contributed by atoms with Gasteiger partial charge in [-0.25, -0.2) is 13.4 Å². The third-order valence-corrected chi connectivity index (χ3v) is 4.52. The number of nitrogens with zero attached hydrogens (tertiary/aromatic N) is 2. The third-order valence-electron chi connectivity index (χ3n) is 3.05. The van der Waals surface area contributed by atoms with Crippen LogP contribution in [0, 0.1) is 0 Å². The minimum absolute atomic E-state index is 0.00809. The summed E-state index contributed by atoms with van der Waals surface area (Å²) < 4.78 is 22.4. The lowest BCUT2D eigenvalue weighted by atomic mass is 10.3. The van der Waals surface area contributed by atoms with Crippen LogP contribution in [0.15, 0.2) is 17.3 Å². The van der Waals surface area contributed by atoms with Gasteiger partial charge < -0.3 is 16.0 Å². The summed E-state index contributed by atoms with van der Waals surface area (Å²) in [7, 11) is -1.30. The highest BCUT2D eigenvalue weighted by atomic mass is 35.5. The van der Waals surface area contributed by atoms with E-state index in [-0.39, 0.29) is 11.8 Å². The maximum atomic E-state index is 11.2. The van der Waals surface area contributed by atoms with Crippen molar-refractivity contribution in [3.8, 4) is 0 Å². The first-order valence-corrected chi connectivity index (χ1v) is 10.2. The summed E-state index contributed by atoms with van der Waals surface area (Å²) in [4.78, 5) is 8.21. The third kappa shape index (κ3) is 8.56. The lowest BCUT2D eigenvalue weighted by molar-refractivity contribution is 0.581. The average molecular weight is 396 g/mol. The molecule has 1 unspecified atom stereocenters. The molecule has 1 aromatic heterocycles. The molecule has 0 aliphatic rings. The molecule has 0 aromatic carbocycles. The quantitative estimate of drug-likeness (QED) is 0.352. The fourth-order valence-electron chi connectivity index (χ4n) is 1.80. The molecular formula is C14H23Cl2N5O2S. The van der Waals surface area contributed by atoms with E-state index in [4.69, 9.17) is 23.2 Å². The minimum Gasteiger partial charge on any atom is -0.367 e. The van der Waals surface area contributed by atoms with Gasteiger partial charge in [0.1, 0.15) is 15.7 Å². The molecular weight excluding hydrogens is 373 g/mol. The van der Waals surface area contributed by atoms with Gasteiger partial charge in [0, 0.05) is 38.6 Å². The molecule has 10 heteroatoms. The Morgan fingerprint density at radius 3 is 2.67 bits per heavy atom. The van der Waals surface area contributed by atoms with Gasteiger partial charge in [0.2, 0.25) is 0 Å². The molecule has 0 bridgehead atoms. The zero-order chi connectivity index (χ0) is 18.2. The zero-order valence-electron chi connectivity index (χ0n) is 13.9. The van der Waals surface area contributed by atoms with Crippen molar-refractivity contribution in [2.75, 3.05) is 37.5 Å². The Morgan fingerprint density at radius 2 is 2.08 bits per heavy atom. The summed E-state index contributed by atoms with van der Waals surface area (Å²) >= 11 is 11.8. The zero-order valence-corrected chi connectivity index (χ0v) is 16.3. The lowest BCUT2D eigenvalue weighted by Gasteiger charge is -2.18. The van der Waals surface area contributed by atoms with E-state index in [9.17, 15) is 8.42 Å². The molecule has 0 fully saturated rings. The van der Waals surface area contributed by atoms with Crippen LogP contribution in [0.1, 0.15) is 13.3 Å². The predicted octanol–water partition coefficient (Wildman–Crippen LogP) is 1.79. The van der Waals surface area contributed by atoms with Crippen LogP contribution < -0.4 is 16.0 Å². The summed E-state index contributed by atoms with van der Waals surface area (Å²) in [5.74, 6) is 1.31. The van der Waals surface area contributed by atoms with Gasteiger partial charge in [0.05, 0.1) is 15.8 Å². The Labute approximate surface area is 153 Å². The largest absolute Gasteiger partial charge is 0.367 e. The Morgan fingerprint density at radius 1 is 1.38 bits per heavy atom. The van der Waals surface area contributed by atoms with Gasteiger partial charge >= 0.3 is 0 Å². The number of aromatic nitrogens is 1. The van der Waals surface area contributed by atoms with Crippen molar-refractivity contribution in [2.45, 2.75) is 19.4 Å². The molecule has 0 aliphatic heterocycles. The topological polar surface area (TPSA) is 95.5 Å². The van der Waals surface area contributed by atoms with E-state index in [0.717, 1.165) is 0 Å². The highest BCUT2D eigenvalue weighted by molar-refractivity contribution is 7.90.